The number of ether oxygens (including phenoxy) is 1. The third-order valence-electron chi connectivity index (χ3n) is 3.85. The topological polar surface area (TPSA) is 39.9 Å². The zero-order valence-electron chi connectivity index (χ0n) is 13.2. The van der Waals surface area contributed by atoms with Crippen LogP contribution >= 0.6 is 34.2 Å². The first-order valence-electron chi connectivity index (χ1n) is 7.65. The van der Waals surface area contributed by atoms with Gasteiger partial charge in [0, 0.05) is 26.0 Å². The van der Waals surface area contributed by atoms with Gasteiger partial charge >= 0.3 is 0 Å². The molecule has 0 N–H and O–H groups in total. The zero-order valence-corrected chi connectivity index (χ0v) is 17.1. The van der Waals surface area contributed by atoms with E-state index in [1.807, 2.05) is 10.7 Å². The van der Waals surface area contributed by atoms with Crippen LogP contribution in [0.25, 0.3) is 10.9 Å². The quantitative estimate of drug-likeness (QED) is 0.273. The molecule has 0 amide bonds. The number of rotatable bonds is 6. The van der Waals surface area contributed by atoms with Gasteiger partial charge in [-0.05, 0) is 47.5 Å². The van der Waals surface area contributed by atoms with Crippen LogP contribution in [-0.2, 0) is 11.5 Å². The van der Waals surface area contributed by atoms with Crippen molar-refractivity contribution in [3.8, 4) is 0 Å². The maximum atomic E-state index is 6.18. The second-order valence-electron chi connectivity index (χ2n) is 7.14. The van der Waals surface area contributed by atoms with E-state index in [4.69, 9.17) is 16.3 Å². The summed E-state index contributed by atoms with van der Waals surface area (Å²) in [6.45, 7) is 8.37. The maximum Gasteiger partial charge on any atom is 0.140 e. The molecule has 4 nitrogen and oxygen atoms in total. The maximum absolute atomic E-state index is 6.18. The molecule has 1 saturated carbocycles. The molecule has 0 bridgehead atoms. The minimum absolute atomic E-state index is 0.493. The van der Waals surface area contributed by atoms with Crippen LogP contribution in [0.4, 0.5) is 0 Å². The van der Waals surface area contributed by atoms with E-state index in [0.717, 1.165) is 26.9 Å². The third-order valence-corrected chi connectivity index (χ3v) is 6.55. The molecule has 2 aromatic heterocycles. The minimum atomic E-state index is -1.06. The summed E-state index contributed by atoms with van der Waals surface area (Å²) >= 11 is 8.44. The number of fused-ring (bicyclic) bond motifs is 1. The van der Waals surface area contributed by atoms with Crippen LogP contribution in [-0.4, -0.2) is 29.4 Å². The van der Waals surface area contributed by atoms with Crippen molar-refractivity contribution in [1.29, 1.82) is 0 Å². The zero-order chi connectivity index (χ0) is 15.9. The number of pyridine rings is 1. The Morgan fingerprint density at radius 3 is 2.77 bits per heavy atom. The van der Waals surface area contributed by atoms with E-state index in [1.165, 1.54) is 18.9 Å². The predicted octanol–water partition coefficient (Wildman–Crippen LogP) is 4.88. The van der Waals surface area contributed by atoms with Gasteiger partial charge in [0.2, 0.25) is 0 Å². The summed E-state index contributed by atoms with van der Waals surface area (Å²) in [4.78, 5) is 4.56. The van der Waals surface area contributed by atoms with Gasteiger partial charge in [-0.25, -0.2) is 9.67 Å². The van der Waals surface area contributed by atoms with E-state index < -0.39 is 8.07 Å². The molecule has 7 heteroatoms. The first kappa shape index (κ1) is 16.7. The summed E-state index contributed by atoms with van der Waals surface area (Å²) in [6.07, 6.45) is 2.39. The molecule has 22 heavy (non-hydrogen) atoms. The van der Waals surface area contributed by atoms with E-state index >= 15 is 0 Å². The highest BCUT2D eigenvalue weighted by atomic mass is 127. The lowest BCUT2D eigenvalue weighted by Gasteiger charge is -2.15. The van der Waals surface area contributed by atoms with Crippen LogP contribution in [0.1, 0.15) is 24.5 Å². The Morgan fingerprint density at radius 1 is 1.41 bits per heavy atom. The Hall–Kier alpha value is -0.183. The van der Waals surface area contributed by atoms with Crippen molar-refractivity contribution >= 4 is 53.2 Å². The van der Waals surface area contributed by atoms with Gasteiger partial charge < -0.3 is 4.74 Å². The lowest BCUT2D eigenvalue weighted by atomic mass is 10.2. The second-order valence-corrected chi connectivity index (χ2v) is 14.2. The van der Waals surface area contributed by atoms with Crippen LogP contribution in [0.3, 0.4) is 0 Å². The minimum Gasteiger partial charge on any atom is -0.360 e. The monoisotopic (exact) mass is 449 g/mol. The summed E-state index contributed by atoms with van der Waals surface area (Å²) in [5, 5.41) is 6.28. The van der Waals surface area contributed by atoms with Crippen molar-refractivity contribution in [2.75, 3.05) is 6.61 Å². The lowest BCUT2D eigenvalue weighted by Crippen LogP contribution is -2.22. The van der Waals surface area contributed by atoms with Crippen molar-refractivity contribution in [2.45, 2.75) is 51.2 Å². The Labute approximate surface area is 150 Å². The van der Waals surface area contributed by atoms with Gasteiger partial charge in [-0.2, -0.15) is 5.10 Å². The van der Waals surface area contributed by atoms with Crippen molar-refractivity contribution in [3.05, 3.63) is 20.6 Å². The molecule has 0 unspecified atom stereocenters. The molecule has 0 atom stereocenters. The average molecular weight is 450 g/mol. The molecule has 0 spiro atoms. The van der Waals surface area contributed by atoms with Gasteiger partial charge in [0.15, 0.2) is 0 Å². The van der Waals surface area contributed by atoms with E-state index in [9.17, 15) is 0 Å². The molecular formula is C15H21ClIN3OSi. The summed E-state index contributed by atoms with van der Waals surface area (Å²) in [6, 6.07) is 3.08. The highest BCUT2D eigenvalue weighted by Gasteiger charge is 2.30. The molecule has 1 fully saturated rings. The van der Waals surface area contributed by atoms with E-state index in [1.54, 1.807) is 0 Å². The van der Waals surface area contributed by atoms with Crippen molar-refractivity contribution < 1.29 is 4.74 Å². The van der Waals surface area contributed by atoms with Gasteiger partial charge in [-0.15, -0.1) is 0 Å². The summed E-state index contributed by atoms with van der Waals surface area (Å²) in [5.74, 6) is 0.537. The fraction of sp³-hybridized carbons (Fsp3) is 0.600. The summed E-state index contributed by atoms with van der Waals surface area (Å²) in [7, 11) is -1.06. The van der Waals surface area contributed by atoms with Crippen LogP contribution < -0.4 is 0 Å². The van der Waals surface area contributed by atoms with Gasteiger partial charge in [0.05, 0.1) is 11.2 Å². The van der Waals surface area contributed by atoms with E-state index in [2.05, 4.69) is 52.3 Å². The van der Waals surface area contributed by atoms with Gasteiger partial charge in [0.25, 0.3) is 0 Å². The largest absolute Gasteiger partial charge is 0.360 e. The molecule has 0 saturated heterocycles. The first-order valence-corrected chi connectivity index (χ1v) is 12.8. The van der Waals surface area contributed by atoms with Gasteiger partial charge in [-0.3, -0.25) is 0 Å². The molecule has 2 aromatic rings. The molecule has 1 aliphatic carbocycles. The van der Waals surface area contributed by atoms with Crippen LogP contribution in [0, 0.1) is 3.70 Å². The Bertz CT molecular complexity index is 694. The Kier molecular flexibility index (Phi) is 4.83. The first-order chi connectivity index (χ1) is 10.3. The van der Waals surface area contributed by atoms with Crippen LogP contribution in [0.5, 0.6) is 0 Å². The fourth-order valence-electron chi connectivity index (χ4n) is 2.43. The number of aromatic nitrogens is 3. The Morgan fingerprint density at radius 2 is 2.14 bits per heavy atom. The number of nitrogens with zero attached hydrogens (tertiary/aromatic N) is 3. The van der Waals surface area contributed by atoms with Gasteiger partial charge in [-0.1, -0.05) is 31.2 Å². The van der Waals surface area contributed by atoms with Gasteiger partial charge in [0.1, 0.15) is 15.6 Å². The highest BCUT2D eigenvalue weighted by molar-refractivity contribution is 14.1. The van der Waals surface area contributed by atoms with Crippen LogP contribution in [0.2, 0.25) is 30.8 Å². The summed E-state index contributed by atoms with van der Waals surface area (Å²) < 4.78 is 8.80. The van der Waals surface area contributed by atoms with Crippen molar-refractivity contribution in [1.82, 2.24) is 14.8 Å². The van der Waals surface area contributed by atoms with E-state index in [-0.39, 0.29) is 0 Å². The fourth-order valence-corrected chi connectivity index (χ4v) is 4.06. The van der Waals surface area contributed by atoms with Crippen molar-refractivity contribution in [3.63, 3.8) is 0 Å². The molecule has 0 aliphatic heterocycles. The molecule has 0 aromatic carbocycles. The normalized spacial score (nSPS) is 15.7. The third kappa shape index (κ3) is 3.83. The number of hydrogen-bond donors (Lipinski definition) is 0. The SMILES string of the molecule is C[Si](C)(C)CCOCn1nc(I)c2cc(Cl)nc(C3CC3)c21. The molecule has 3 rings (SSSR count). The number of hydrogen-bond acceptors (Lipinski definition) is 3. The highest BCUT2D eigenvalue weighted by Crippen LogP contribution is 2.43. The van der Waals surface area contributed by atoms with E-state index in [0.29, 0.717) is 17.8 Å². The lowest BCUT2D eigenvalue weighted by molar-refractivity contribution is 0.0813. The Balaban J connectivity index is 1.83. The average Bonchev–Trinajstić information content (AvgIpc) is 3.20. The molecule has 120 valence electrons. The molecular weight excluding hydrogens is 429 g/mol. The standard InChI is InChI=1S/C15H21ClIN3OSi/c1-22(2,3)7-6-21-9-20-14-11(15(17)19-20)8-12(16)18-13(14)10-4-5-10/h8,10H,4-7,9H2,1-3H3. The molecule has 0 radical (unpaired) electrons. The smallest absolute Gasteiger partial charge is 0.140 e. The predicted molar refractivity (Wildman–Crippen MR) is 101 cm³/mol. The number of halogens is 2. The second kappa shape index (κ2) is 6.37. The van der Waals surface area contributed by atoms with Crippen LogP contribution in [0.15, 0.2) is 6.07 Å². The molecule has 1 aliphatic rings. The molecule has 2 heterocycles. The summed E-state index contributed by atoms with van der Waals surface area (Å²) in [5.41, 5.74) is 2.19. The van der Waals surface area contributed by atoms with Crippen molar-refractivity contribution in [2.24, 2.45) is 0 Å².